The first-order chi connectivity index (χ1) is 1.00. The predicted molar refractivity (Wildman–Crippen MR) is 12.1 cm³/mol. The van der Waals surface area contributed by atoms with Crippen LogP contribution in [0.1, 0.15) is 2.85 Å². The van der Waals surface area contributed by atoms with Crippen LogP contribution in [0.3, 0.4) is 0 Å². The summed E-state index contributed by atoms with van der Waals surface area (Å²) in [6.07, 6.45) is 8.00. The van der Waals surface area contributed by atoms with Gasteiger partial charge in [0.05, 0.1) is 0 Å². The van der Waals surface area contributed by atoms with E-state index in [1.54, 1.807) is 0 Å². The molecule has 0 radical (unpaired) electrons. The van der Waals surface area contributed by atoms with E-state index >= 15 is 0 Å². The Balaban J connectivity index is -0.000000000833. The van der Waals surface area contributed by atoms with Gasteiger partial charge in [0.1, 0.15) is 0 Å². The fourth-order valence-corrected chi connectivity index (χ4v) is 0. The van der Waals surface area contributed by atoms with Crippen molar-refractivity contribution in [1.82, 2.24) is 0 Å². The van der Waals surface area contributed by atoms with Crippen molar-refractivity contribution < 1.29 is 62.0 Å². The molecule has 0 aromatic carbocycles. The molecule has 0 aliphatic heterocycles. The van der Waals surface area contributed by atoms with Gasteiger partial charge in [-0.25, -0.2) is 0 Å². The minimum Gasteiger partial charge on any atom is -1.00 e. The minimum atomic E-state index is 0. The molecule has 0 nitrogen and oxygen atoms in total. The molecule has 0 N–H and O–H groups in total. The van der Waals surface area contributed by atoms with Crippen LogP contribution in [0, 0.1) is 12.8 Å². The van der Waals surface area contributed by atoms with Gasteiger partial charge < -0.3 is 2.85 Å². The van der Waals surface area contributed by atoms with Gasteiger partial charge in [0, 0.05) is 0 Å². The first-order valence-corrected chi connectivity index (χ1v) is 0.333. The molecule has 0 bridgehead atoms. The van der Waals surface area contributed by atoms with E-state index in [1.165, 1.54) is 0 Å². The third-order valence-corrected chi connectivity index (χ3v) is 0. The van der Waals surface area contributed by atoms with Gasteiger partial charge in [0.15, 0.2) is 0 Å². The van der Waals surface area contributed by atoms with Crippen molar-refractivity contribution in [1.29, 1.82) is 0 Å². The van der Waals surface area contributed by atoms with Crippen molar-refractivity contribution in [3.8, 4) is 12.8 Å². The van der Waals surface area contributed by atoms with Crippen LogP contribution in [0.15, 0.2) is 0 Å². The number of rotatable bonds is 0. The van der Waals surface area contributed by atoms with E-state index in [4.69, 9.17) is 0 Å². The Hall–Kier alpha value is 1.56. The zero-order valence-electron chi connectivity index (χ0n) is 5.15. The Morgan fingerprint density at radius 2 is 1.00 bits per heavy atom. The molecule has 0 unspecified atom stereocenters. The Morgan fingerprint density at radius 1 is 1.00 bits per heavy atom. The molecule has 0 saturated carbocycles. The zero-order chi connectivity index (χ0) is 2.00. The maximum absolute atomic E-state index is 4.00. The molecule has 0 aliphatic rings. The molecule has 0 rings (SSSR count). The molecule has 0 aromatic rings. The van der Waals surface area contributed by atoms with Gasteiger partial charge >= 0.3 is 59.1 Å². The van der Waals surface area contributed by atoms with Crippen molar-refractivity contribution in [2.45, 2.75) is 0 Å². The van der Waals surface area contributed by atoms with Gasteiger partial charge in [-0.05, 0) is 0 Å². The standard InChI is InChI=1S/C2H2.2Na.2H/c1-2;;;;/h1-2H;;;;/q;2*+1;2*-1. The van der Waals surface area contributed by atoms with Crippen LogP contribution < -0.4 is 59.1 Å². The summed E-state index contributed by atoms with van der Waals surface area (Å²) in [5, 5.41) is 0. The second kappa shape index (κ2) is 23.7. The average molecular weight is 74.0 g/mol. The molecule has 0 saturated heterocycles. The Kier molecular flexibility index (Phi) is 105. The third kappa shape index (κ3) is 9.59. The summed E-state index contributed by atoms with van der Waals surface area (Å²) < 4.78 is 0. The molecule has 0 fully saturated rings. The Morgan fingerprint density at radius 3 is 1.00 bits per heavy atom. The first-order valence-electron chi connectivity index (χ1n) is 0.333. The zero-order valence-corrected chi connectivity index (χ0v) is 7.15. The molecular weight excluding hydrogens is 70.0 g/mol. The quantitative estimate of drug-likeness (QED) is 0.198. The third-order valence-electron chi connectivity index (χ3n) is 0. The molecule has 0 spiro atoms. The van der Waals surface area contributed by atoms with Gasteiger partial charge in [0.25, 0.3) is 0 Å². The van der Waals surface area contributed by atoms with Crippen molar-refractivity contribution in [2.75, 3.05) is 0 Å². The van der Waals surface area contributed by atoms with Gasteiger partial charge in [-0.15, -0.1) is 12.8 Å². The average Bonchev–Trinajstić information content (AvgIpc) is 1.00. The van der Waals surface area contributed by atoms with Crippen molar-refractivity contribution in [3.05, 3.63) is 0 Å². The molecule has 0 amide bonds. The van der Waals surface area contributed by atoms with Crippen LogP contribution in [0.5, 0.6) is 0 Å². The summed E-state index contributed by atoms with van der Waals surface area (Å²) in [7, 11) is 0. The number of terminal acetylenes is 1. The van der Waals surface area contributed by atoms with E-state index in [0.717, 1.165) is 0 Å². The van der Waals surface area contributed by atoms with E-state index in [1.807, 2.05) is 0 Å². The monoisotopic (exact) mass is 74.0 g/mol. The van der Waals surface area contributed by atoms with Crippen LogP contribution in [-0.2, 0) is 0 Å². The van der Waals surface area contributed by atoms with Gasteiger partial charge in [0.2, 0.25) is 0 Å². The first kappa shape index (κ1) is 17.6. The fourth-order valence-electron chi connectivity index (χ4n) is 0. The summed E-state index contributed by atoms with van der Waals surface area (Å²) in [6.45, 7) is 0. The second-order valence-corrected chi connectivity index (χ2v) is 0. The Labute approximate surface area is 73.9 Å². The van der Waals surface area contributed by atoms with Crippen LogP contribution in [-0.4, -0.2) is 0 Å². The molecule has 0 aliphatic carbocycles. The van der Waals surface area contributed by atoms with E-state index in [9.17, 15) is 0 Å². The van der Waals surface area contributed by atoms with E-state index < -0.39 is 0 Å². The Bertz CT molecular complexity index is 14.3. The summed E-state index contributed by atoms with van der Waals surface area (Å²) in [5.41, 5.74) is 0. The molecule has 0 atom stereocenters. The summed E-state index contributed by atoms with van der Waals surface area (Å²) in [4.78, 5) is 0. The molecule has 2 heteroatoms. The maximum Gasteiger partial charge on any atom is 1.00 e. The largest absolute Gasteiger partial charge is 1.00 e. The summed E-state index contributed by atoms with van der Waals surface area (Å²) >= 11 is 0. The van der Waals surface area contributed by atoms with Crippen LogP contribution in [0.4, 0.5) is 0 Å². The minimum absolute atomic E-state index is 0. The van der Waals surface area contributed by atoms with Crippen molar-refractivity contribution in [2.24, 2.45) is 0 Å². The van der Waals surface area contributed by atoms with Crippen LogP contribution >= 0.6 is 0 Å². The number of hydrogen-bond acceptors (Lipinski definition) is 0. The molecule has 0 heterocycles. The van der Waals surface area contributed by atoms with Crippen LogP contribution in [0.25, 0.3) is 0 Å². The van der Waals surface area contributed by atoms with E-state index in [0.29, 0.717) is 0 Å². The van der Waals surface area contributed by atoms with Crippen LogP contribution in [0.2, 0.25) is 0 Å². The second-order valence-electron chi connectivity index (χ2n) is 0. The van der Waals surface area contributed by atoms with Gasteiger partial charge in [-0.2, -0.15) is 0 Å². The van der Waals surface area contributed by atoms with Gasteiger partial charge in [-0.1, -0.05) is 0 Å². The van der Waals surface area contributed by atoms with E-state index in [-0.39, 0.29) is 62.0 Å². The fraction of sp³-hybridized carbons (Fsp3) is 0. The topological polar surface area (TPSA) is 0 Å². The summed E-state index contributed by atoms with van der Waals surface area (Å²) in [5.74, 6) is 0. The van der Waals surface area contributed by atoms with Crippen molar-refractivity contribution >= 4 is 0 Å². The molecule has 4 heavy (non-hydrogen) atoms. The molecule has 0 aromatic heterocycles. The normalized spacial score (nSPS) is 0.500. The molecule has 14 valence electrons. The van der Waals surface area contributed by atoms with Crippen molar-refractivity contribution in [3.63, 3.8) is 0 Å². The number of hydrogen-bond donors (Lipinski definition) is 0. The van der Waals surface area contributed by atoms with E-state index in [2.05, 4.69) is 12.8 Å². The SMILES string of the molecule is C#C.[H-].[H-].[Na+].[Na+]. The predicted octanol–water partition coefficient (Wildman–Crippen LogP) is -5.52. The molecular formula is C2H4Na2. The maximum atomic E-state index is 4.00. The van der Waals surface area contributed by atoms with Gasteiger partial charge in [-0.3, -0.25) is 0 Å². The smallest absolute Gasteiger partial charge is 1.00 e. The summed E-state index contributed by atoms with van der Waals surface area (Å²) in [6, 6.07) is 0.